The third-order valence-corrected chi connectivity index (χ3v) is 9.57. The van der Waals surface area contributed by atoms with E-state index in [2.05, 4.69) is 74.5 Å². The zero-order chi connectivity index (χ0) is 22.5. The summed E-state index contributed by atoms with van der Waals surface area (Å²) in [7, 11) is 0. The third-order valence-electron chi connectivity index (χ3n) is 6.49. The summed E-state index contributed by atoms with van der Waals surface area (Å²) >= 11 is 3.62. The molecule has 0 bridgehead atoms. The van der Waals surface area contributed by atoms with E-state index in [0.29, 0.717) is 0 Å². The number of fused-ring (bicyclic) bond motifs is 7. The zero-order valence-electron chi connectivity index (χ0n) is 18.6. The van der Waals surface area contributed by atoms with Gasteiger partial charge >= 0.3 is 0 Å². The highest BCUT2D eigenvalue weighted by Gasteiger charge is 2.32. The summed E-state index contributed by atoms with van der Waals surface area (Å²) in [6, 6.07) is 32.0. The van der Waals surface area contributed by atoms with Crippen molar-refractivity contribution in [3.05, 3.63) is 108 Å². The monoisotopic (exact) mass is 464 g/mol. The summed E-state index contributed by atoms with van der Waals surface area (Å²) in [5.74, 6) is 0. The molecular weight excluding hydrogens is 440 g/mol. The lowest BCUT2D eigenvalue weighted by atomic mass is 9.91. The van der Waals surface area contributed by atoms with Gasteiger partial charge in [-0.2, -0.15) is 0 Å². The summed E-state index contributed by atoms with van der Waals surface area (Å²) in [5.41, 5.74) is 6.10. The van der Waals surface area contributed by atoms with Crippen molar-refractivity contribution in [2.45, 2.75) is 34.3 Å². The first-order valence-corrected chi connectivity index (χ1v) is 13.0. The number of thioether (sulfide) groups is 2. The van der Waals surface area contributed by atoms with Gasteiger partial charge in [-0.25, -0.2) is 0 Å². The Morgan fingerprint density at radius 3 is 1.61 bits per heavy atom. The second kappa shape index (κ2) is 8.25. The van der Waals surface area contributed by atoms with Crippen LogP contribution in [0.25, 0.3) is 32.7 Å². The highest BCUT2D eigenvalue weighted by molar-refractivity contribution is 8.17. The van der Waals surface area contributed by atoms with Crippen molar-refractivity contribution in [2.75, 3.05) is 0 Å². The van der Waals surface area contributed by atoms with E-state index < -0.39 is 6.10 Å². The van der Waals surface area contributed by atoms with Gasteiger partial charge in [0.1, 0.15) is 6.10 Å². The summed E-state index contributed by atoms with van der Waals surface area (Å²) in [5, 5.41) is 16.6. The van der Waals surface area contributed by atoms with Crippen LogP contribution >= 0.6 is 23.5 Å². The molecule has 5 aromatic rings. The molecule has 0 aliphatic carbocycles. The summed E-state index contributed by atoms with van der Waals surface area (Å²) in [4.78, 5) is 2.55. The molecule has 0 unspecified atom stereocenters. The molecule has 0 radical (unpaired) electrons. The Labute approximate surface area is 202 Å². The lowest BCUT2D eigenvalue weighted by Crippen LogP contribution is -2.11. The molecule has 1 nitrogen and oxygen atoms in total. The molecule has 5 aromatic carbocycles. The van der Waals surface area contributed by atoms with Crippen molar-refractivity contribution < 1.29 is 5.11 Å². The van der Waals surface area contributed by atoms with E-state index in [1.54, 1.807) is 0 Å². The number of aliphatic hydroxyl groups is 1. The van der Waals surface area contributed by atoms with Gasteiger partial charge in [0.25, 0.3) is 0 Å². The van der Waals surface area contributed by atoms with Gasteiger partial charge in [-0.1, -0.05) is 91.0 Å². The van der Waals surface area contributed by atoms with Gasteiger partial charge in [0.05, 0.1) is 4.58 Å². The normalized spacial score (nSPS) is 14.6. The van der Waals surface area contributed by atoms with Gasteiger partial charge in [-0.3, -0.25) is 0 Å². The Kier molecular flexibility index (Phi) is 5.21. The van der Waals surface area contributed by atoms with Crippen LogP contribution in [0.5, 0.6) is 0 Å². The van der Waals surface area contributed by atoms with Crippen molar-refractivity contribution in [1.29, 1.82) is 0 Å². The van der Waals surface area contributed by atoms with Crippen LogP contribution in [0, 0.1) is 13.8 Å². The molecule has 1 N–H and O–H groups in total. The molecule has 1 atom stereocenters. The van der Waals surface area contributed by atoms with E-state index >= 15 is 0 Å². The molecule has 3 heteroatoms. The fraction of sp³-hybridized carbons (Fsp3) is 0.133. The molecule has 162 valence electrons. The Balaban J connectivity index is 1.70. The van der Waals surface area contributed by atoms with Gasteiger partial charge in [0, 0.05) is 20.9 Å². The molecule has 1 aliphatic rings. The Morgan fingerprint density at radius 1 is 0.636 bits per heavy atom. The maximum absolute atomic E-state index is 11.5. The standard InChI is InChI=1S/C30H24OS2/c1-18-16-21-12-6-8-14-23(21)25-26-24-15-9-7-13-22(24)17-19(2)29(26)33-30(32-28(18)25)27(31)20-10-4-3-5-11-20/h3-17,27,30-31H,1-2H3/t27-/m0/s1. The smallest absolute Gasteiger partial charge is 0.101 e. The van der Waals surface area contributed by atoms with Gasteiger partial charge in [-0.05, 0) is 52.1 Å². The highest BCUT2D eigenvalue weighted by Crippen LogP contribution is 2.56. The molecule has 0 spiro atoms. The highest BCUT2D eigenvalue weighted by atomic mass is 32.2. The van der Waals surface area contributed by atoms with E-state index in [-0.39, 0.29) is 4.58 Å². The van der Waals surface area contributed by atoms with Crippen LogP contribution in [0.1, 0.15) is 22.8 Å². The first-order chi connectivity index (χ1) is 16.1. The number of rotatable bonds is 2. The summed E-state index contributed by atoms with van der Waals surface area (Å²) in [6.45, 7) is 4.41. The number of hydrogen-bond acceptors (Lipinski definition) is 3. The minimum Gasteiger partial charge on any atom is -0.386 e. The largest absolute Gasteiger partial charge is 0.386 e. The van der Waals surface area contributed by atoms with E-state index in [1.165, 1.54) is 53.6 Å². The molecule has 0 saturated heterocycles. The zero-order valence-corrected chi connectivity index (χ0v) is 20.2. The lowest BCUT2D eigenvalue weighted by molar-refractivity contribution is 0.196. The SMILES string of the molecule is Cc1cc2ccccc2c2c1SC([C@@H](O)c1ccccc1)Sc1c(C)cc3ccccc3c1-2. The maximum Gasteiger partial charge on any atom is 0.101 e. The number of benzene rings is 5. The summed E-state index contributed by atoms with van der Waals surface area (Å²) in [6.07, 6.45) is -0.572. The Morgan fingerprint density at radius 2 is 1.09 bits per heavy atom. The second-order valence-electron chi connectivity index (χ2n) is 8.70. The number of aryl methyl sites for hydroxylation is 2. The van der Waals surface area contributed by atoms with Crippen molar-refractivity contribution in [3.8, 4) is 11.1 Å². The quantitative estimate of drug-likeness (QED) is 0.283. The van der Waals surface area contributed by atoms with Crippen LogP contribution in [0.2, 0.25) is 0 Å². The van der Waals surface area contributed by atoms with Crippen LogP contribution in [-0.2, 0) is 0 Å². The first-order valence-electron chi connectivity index (χ1n) is 11.2. The molecule has 0 fully saturated rings. The first kappa shape index (κ1) is 20.9. The van der Waals surface area contributed by atoms with Crippen molar-refractivity contribution in [3.63, 3.8) is 0 Å². The number of aliphatic hydroxyl groups excluding tert-OH is 1. The molecule has 0 aromatic heterocycles. The molecular formula is C30H24OS2. The average molecular weight is 465 g/mol. The maximum atomic E-state index is 11.5. The molecule has 0 saturated carbocycles. The van der Waals surface area contributed by atoms with Crippen LogP contribution in [0.15, 0.2) is 101 Å². The molecule has 1 aliphatic heterocycles. The predicted octanol–water partition coefficient (Wildman–Crippen LogP) is 8.53. The number of hydrogen-bond donors (Lipinski definition) is 1. The Bertz CT molecular complexity index is 1410. The minimum absolute atomic E-state index is 0.0490. The fourth-order valence-electron chi connectivity index (χ4n) is 4.93. The molecule has 6 rings (SSSR count). The second-order valence-corrected chi connectivity index (χ2v) is 11.3. The Hall–Kier alpha value is -2.72. The molecule has 1 heterocycles. The van der Waals surface area contributed by atoms with Gasteiger partial charge < -0.3 is 5.11 Å². The van der Waals surface area contributed by atoms with E-state index in [0.717, 1.165) is 5.56 Å². The van der Waals surface area contributed by atoms with Crippen molar-refractivity contribution >= 4 is 45.1 Å². The van der Waals surface area contributed by atoms with Gasteiger partial charge in [0.15, 0.2) is 0 Å². The average Bonchev–Trinajstić information content (AvgIpc) is 3.03. The van der Waals surface area contributed by atoms with E-state index in [4.69, 9.17) is 0 Å². The molecule has 0 amide bonds. The van der Waals surface area contributed by atoms with Crippen molar-refractivity contribution in [1.82, 2.24) is 0 Å². The minimum atomic E-state index is -0.572. The van der Waals surface area contributed by atoms with Crippen LogP contribution in [0.3, 0.4) is 0 Å². The van der Waals surface area contributed by atoms with E-state index in [9.17, 15) is 5.11 Å². The van der Waals surface area contributed by atoms with Crippen molar-refractivity contribution in [2.24, 2.45) is 0 Å². The predicted molar refractivity (Wildman–Crippen MR) is 143 cm³/mol. The van der Waals surface area contributed by atoms with Crippen LogP contribution in [-0.4, -0.2) is 9.69 Å². The fourth-order valence-corrected chi connectivity index (χ4v) is 7.89. The summed E-state index contributed by atoms with van der Waals surface area (Å²) < 4.78 is -0.0490. The van der Waals surface area contributed by atoms with Gasteiger partial charge in [-0.15, -0.1) is 23.5 Å². The topological polar surface area (TPSA) is 20.2 Å². The third kappa shape index (κ3) is 3.47. The van der Waals surface area contributed by atoms with Crippen LogP contribution in [0.4, 0.5) is 0 Å². The lowest BCUT2D eigenvalue weighted by Gasteiger charge is -2.22. The van der Waals surface area contributed by atoms with E-state index in [1.807, 2.05) is 53.9 Å². The molecule has 33 heavy (non-hydrogen) atoms. The van der Waals surface area contributed by atoms with Crippen LogP contribution < -0.4 is 0 Å². The van der Waals surface area contributed by atoms with Gasteiger partial charge in [0.2, 0.25) is 0 Å².